The molecule has 2 N–H and O–H groups in total. The van der Waals surface area contributed by atoms with Gasteiger partial charge in [0.25, 0.3) is 0 Å². The maximum absolute atomic E-state index is 9.76. The van der Waals surface area contributed by atoms with Crippen LogP contribution in [-0.2, 0) is 6.54 Å². The molecule has 0 aromatic carbocycles. The number of aromatic nitrogens is 1. The molecule has 3 nitrogen and oxygen atoms in total. The van der Waals surface area contributed by atoms with E-state index in [0.717, 1.165) is 17.8 Å². The highest BCUT2D eigenvalue weighted by molar-refractivity contribution is 5.27. The lowest BCUT2D eigenvalue weighted by Gasteiger charge is -2.33. The Bertz CT molecular complexity index is 405. The molecule has 1 heterocycles. The smallest absolute Gasteiger partial charge is 0.138 e. The zero-order valence-corrected chi connectivity index (χ0v) is 12.5. The molecule has 0 saturated carbocycles. The zero-order valence-electron chi connectivity index (χ0n) is 12.5. The first-order valence-electron chi connectivity index (χ1n) is 6.50. The Morgan fingerprint density at radius 2 is 1.78 bits per heavy atom. The van der Waals surface area contributed by atoms with Gasteiger partial charge in [-0.2, -0.15) is 0 Å². The van der Waals surface area contributed by atoms with Crippen LogP contribution in [0.3, 0.4) is 0 Å². The summed E-state index contributed by atoms with van der Waals surface area (Å²) >= 11 is 0. The molecule has 0 bridgehead atoms. The normalized spacial score (nSPS) is 12.8. The molecule has 3 heteroatoms. The molecule has 1 aromatic heterocycles. The zero-order chi connectivity index (χ0) is 14.0. The lowest BCUT2D eigenvalue weighted by atomic mass is 9.82. The van der Waals surface area contributed by atoms with E-state index in [0.29, 0.717) is 6.54 Å². The van der Waals surface area contributed by atoms with Crippen LogP contribution in [0.5, 0.6) is 5.75 Å². The average Bonchev–Trinajstić information content (AvgIpc) is 2.16. The predicted octanol–water partition coefficient (Wildman–Crippen LogP) is 3.40. The van der Waals surface area contributed by atoms with Crippen LogP contribution in [0.4, 0.5) is 0 Å². The highest BCUT2D eigenvalue weighted by Gasteiger charge is 2.25. The lowest BCUT2D eigenvalue weighted by molar-refractivity contribution is 0.239. The number of nitrogens with zero attached hydrogens (tertiary/aromatic N) is 1. The van der Waals surface area contributed by atoms with Gasteiger partial charge in [-0.3, -0.25) is 4.98 Å². The SMILES string of the molecule is Cc1ccc(O)c(CNC(C)(C)CC(C)(C)C)n1. The van der Waals surface area contributed by atoms with Gasteiger partial charge in [-0.1, -0.05) is 20.8 Å². The van der Waals surface area contributed by atoms with Gasteiger partial charge in [0.2, 0.25) is 0 Å². The summed E-state index contributed by atoms with van der Waals surface area (Å²) in [5.41, 5.74) is 1.95. The third-order valence-corrected chi connectivity index (χ3v) is 2.80. The van der Waals surface area contributed by atoms with E-state index < -0.39 is 0 Å². The fraction of sp³-hybridized carbons (Fsp3) is 0.667. The largest absolute Gasteiger partial charge is 0.506 e. The minimum Gasteiger partial charge on any atom is -0.506 e. The predicted molar refractivity (Wildman–Crippen MR) is 75.6 cm³/mol. The van der Waals surface area contributed by atoms with Crippen LogP contribution in [0.15, 0.2) is 12.1 Å². The Balaban J connectivity index is 2.67. The van der Waals surface area contributed by atoms with E-state index >= 15 is 0 Å². The Kier molecular flexibility index (Phi) is 4.38. The second kappa shape index (κ2) is 5.27. The van der Waals surface area contributed by atoms with Gasteiger partial charge in [-0.05, 0) is 44.7 Å². The Morgan fingerprint density at radius 1 is 1.17 bits per heavy atom. The first-order chi connectivity index (χ1) is 8.09. The van der Waals surface area contributed by atoms with Crippen molar-refractivity contribution in [3.63, 3.8) is 0 Å². The van der Waals surface area contributed by atoms with Crippen LogP contribution in [-0.4, -0.2) is 15.6 Å². The van der Waals surface area contributed by atoms with Crippen molar-refractivity contribution < 1.29 is 5.11 Å². The van der Waals surface area contributed by atoms with Crippen molar-refractivity contribution in [3.8, 4) is 5.75 Å². The molecule has 0 saturated heterocycles. The van der Waals surface area contributed by atoms with Gasteiger partial charge in [0, 0.05) is 17.8 Å². The summed E-state index contributed by atoms with van der Waals surface area (Å²) in [4.78, 5) is 4.36. The summed E-state index contributed by atoms with van der Waals surface area (Å²) in [6.07, 6.45) is 1.06. The number of aromatic hydroxyl groups is 1. The van der Waals surface area contributed by atoms with Gasteiger partial charge in [0.15, 0.2) is 0 Å². The third kappa shape index (κ3) is 5.05. The van der Waals surface area contributed by atoms with Crippen molar-refractivity contribution in [3.05, 3.63) is 23.5 Å². The molecular formula is C15H26N2O. The average molecular weight is 250 g/mol. The van der Waals surface area contributed by atoms with Gasteiger partial charge in [0.05, 0.1) is 5.69 Å². The summed E-state index contributed by atoms with van der Waals surface area (Å²) in [6.45, 7) is 13.6. The number of nitrogens with one attached hydrogen (secondary N) is 1. The number of rotatable bonds is 4. The van der Waals surface area contributed by atoms with Crippen LogP contribution in [0.2, 0.25) is 0 Å². The van der Waals surface area contributed by atoms with E-state index in [1.54, 1.807) is 6.07 Å². The summed E-state index contributed by atoms with van der Waals surface area (Å²) in [5, 5.41) is 13.2. The second-order valence-corrected chi connectivity index (χ2v) is 6.89. The molecule has 0 radical (unpaired) electrons. The van der Waals surface area contributed by atoms with Crippen LogP contribution in [0, 0.1) is 12.3 Å². The molecule has 0 amide bonds. The third-order valence-electron chi connectivity index (χ3n) is 2.80. The highest BCUT2D eigenvalue weighted by Crippen LogP contribution is 2.27. The van der Waals surface area contributed by atoms with E-state index in [9.17, 15) is 5.11 Å². The van der Waals surface area contributed by atoms with Gasteiger partial charge >= 0.3 is 0 Å². The second-order valence-electron chi connectivity index (χ2n) is 6.89. The van der Waals surface area contributed by atoms with Gasteiger partial charge < -0.3 is 10.4 Å². The number of hydrogen-bond donors (Lipinski definition) is 2. The van der Waals surface area contributed by atoms with Crippen molar-refractivity contribution >= 4 is 0 Å². The minimum absolute atomic E-state index is 0.0239. The van der Waals surface area contributed by atoms with Crippen molar-refractivity contribution in [1.29, 1.82) is 0 Å². The molecular weight excluding hydrogens is 224 g/mol. The maximum atomic E-state index is 9.76. The minimum atomic E-state index is 0.0239. The molecule has 102 valence electrons. The maximum Gasteiger partial charge on any atom is 0.138 e. The van der Waals surface area contributed by atoms with E-state index in [4.69, 9.17) is 0 Å². The molecule has 0 fully saturated rings. The number of pyridine rings is 1. The molecule has 18 heavy (non-hydrogen) atoms. The summed E-state index contributed by atoms with van der Waals surface area (Å²) in [7, 11) is 0. The molecule has 0 atom stereocenters. The first-order valence-corrected chi connectivity index (χ1v) is 6.50. The van der Waals surface area contributed by atoms with Crippen LogP contribution in [0.25, 0.3) is 0 Å². The van der Waals surface area contributed by atoms with Crippen molar-refractivity contribution in [2.24, 2.45) is 5.41 Å². The molecule has 0 spiro atoms. The van der Waals surface area contributed by atoms with Crippen molar-refractivity contribution in [2.75, 3.05) is 0 Å². The van der Waals surface area contributed by atoms with Crippen LogP contribution < -0.4 is 5.32 Å². The van der Waals surface area contributed by atoms with Gasteiger partial charge in [0.1, 0.15) is 5.75 Å². The topological polar surface area (TPSA) is 45.1 Å². The van der Waals surface area contributed by atoms with E-state index in [2.05, 4.69) is 44.9 Å². The van der Waals surface area contributed by atoms with Gasteiger partial charge in [-0.15, -0.1) is 0 Å². The van der Waals surface area contributed by atoms with Crippen molar-refractivity contribution in [1.82, 2.24) is 10.3 Å². The fourth-order valence-electron chi connectivity index (χ4n) is 2.44. The Morgan fingerprint density at radius 3 is 2.33 bits per heavy atom. The van der Waals surface area contributed by atoms with Gasteiger partial charge in [-0.25, -0.2) is 0 Å². The highest BCUT2D eigenvalue weighted by atomic mass is 16.3. The summed E-state index contributed by atoms with van der Waals surface area (Å²) in [5.74, 6) is 0.264. The molecule has 0 aliphatic carbocycles. The van der Waals surface area contributed by atoms with E-state index in [1.807, 2.05) is 13.0 Å². The van der Waals surface area contributed by atoms with E-state index in [1.165, 1.54) is 0 Å². The Labute approximate surface area is 111 Å². The quantitative estimate of drug-likeness (QED) is 0.861. The van der Waals surface area contributed by atoms with Crippen LogP contribution in [0.1, 0.15) is 52.4 Å². The molecule has 1 aromatic rings. The summed E-state index contributed by atoms with van der Waals surface area (Å²) in [6, 6.07) is 3.52. The summed E-state index contributed by atoms with van der Waals surface area (Å²) < 4.78 is 0. The Hall–Kier alpha value is -1.09. The van der Waals surface area contributed by atoms with E-state index in [-0.39, 0.29) is 16.7 Å². The lowest BCUT2D eigenvalue weighted by Crippen LogP contribution is -2.42. The molecule has 0 unspecified atom stereocenters. The first kappa shape index (κ1) is 15.0. The number of aryl methyl sites for hydroxylation is 1. The molecule has 0 aliphatic heterocycles. The monoisotopic (exact) mass is 250 g/mol. The fourth-order valence-corrected chi connectivity index (χ4v) is 2.44. The molecule has 1 rings (SSSR count). The van der Waals surface area contributed by atoms with Crippen molar-refractivity contribution in [2.45, 2.75) is 60.0 Å². The standard InChI is InChI=1S/C15H26N2O/c1-11-7-8-13(18)12(17-11)9-16-15(5,6)10-14(2,3)4/h7-8,16,18H,9-10H2,1-6H3. The van der Waals surface area contributed by atoms with Crippen LogP contribution >= 0.6 is 0 Å². The number of hydrogen-bond acceptors (Lipinski definition) is 3. The molecule has 0 aliphatic rings.